The van der Waals surface area contributed by atoms with Crippen molar-refractivity contribution in [2.45, 2.75) is 24.7 Å². The Morgan fingerprint density at radius 2 is 1.76 bits per heavy atom. The number of ether oxygens (including phenoxy) is 1. The van der Waals surface area contributed by atoms with Crippen LogP contribution in [0.2, 0.25) is 5.02 Å². The fraction of sp³-hybridized carbons (Fsp3) is 0.160. The van der Waals surface area contributed by atoms with E-state index in [1.807, 2.05) is 54.0 Å². The normalized spacial score (nSPS) is 11.7. The number of carbonyl (C=O) groups is 1. The summed E-state index contributed by atoms with van der Waals surface area (Å²) < 4.78 is 21.1. The Morgan fingerprint density at radius 3 is 2.47 bits per heavy atom. The van der Waals surface area contributed by atoms with E-state index in [2.05, 4.69) is 15.5 Å². The zero-order chi connectivity index (χ0) is 23.9. The van der Waals surface area contributed by atoms with Gasteiger partial charge in [-0.05, 0) is 61.0 Å². The summed E-state index contributed by atoms with van der Waals surface area (Å²) in [6.07, 6.45) is -0.466. The minimum atomic E-state index is -0.466. The van der Waals surface area contributed by atoms with Crippen LogP contribution in [0.5, 0.6) is 5.75 Å². The third kappa shape index (κ3) is 6.15. The summed E-state index contributed by atoms with van der Waals surface area (Å²) >= 11 is 7.19. The van der Waals surface area contributed by atoms with Crippen molar-refractivity contribution in [3.63, 3.8) is 0 Å². The Bertz CT molecular complexity index is 1230. The summed E-state index contributed by atoms with van der Waals surface area (Å²) in [6.45, 7) is 2.26. The molecule has 1 amide bonds. The third-order valence-corrected chi connectivity index (χ3v) is 6.08. The van der Waals surface area contributed by atoms with Crippen molar-refractivity contribution < 1.29 is 13.9 Å². The number of para-hydroxylation sites is 1. The molecule has 0 aliphatic carbocycles. The van der Waals surface area contributed by atoms with Gasteiger partial charge in [-0.15, -0.1) is 10.2 Å². The standard InChI is InChI=1S/C25H22ClFN4O2S/c1-17(33-22-13-11-20(27)12-14-22)24-29-30-25(31(24)21-5-3-2-4-6-21)34-16-23(32)28-15-18-7-9-19(26)10-8-18/h2-14,17H,15-16H2,1H3,(H,28,32). The first-order chi connectivity index (χ1) is 16.5. The number of halogens is 2. The minimum absolute atomic E-state index is 0.125. The molecule has 1 heterocycles. The molecule has 0 bridgehead atoms. The van der Waals surface area contributed by atoms with Crippen molar-refractivity contribution >= 4 is 29.3 Å². The summed E-state index contributed by atoms with van der Waals surface area (Å²) in [6, 6.07) is 22.7. The molecule has 9 heteroatoms. The Balaban J connectivity index is 1.47. The van der Waals surface area contributed by atoms with Crippen LogP contribution in [-0.2, 0) is 11.3 Å². The van der Waals surface area contributed by atoms with Crippen LogP contribution in [0.4, 0.5) is 4.39 Å². The number of nitrogens with one attached hydrogen (secondary N) is 1. The lowest BCUT2D eigenvalue weighted by Gasteiger charge is -2.16. The van der Waals surface area contributed by atoms with Crippen LogP contribution in [0.3, 0.4) is 0 Å². The van der Waals surface area contributed by atoms with Crippen molar-refractivity contribution in [1.82, 2.24) is 20.1 Å². The van der Waals surface area contributed by atoms with E-state index in [0.717, 1.165) is 11.3 Å². The third-order valence-electron chi connectivity index (χ3n) is 4.90. The Labute approximate surface area is 206 Å². The molecular weight excluding hydrogens is 475 g/mol. The number of thioether (sulfide) groups is 1. The second-order valence-corrected chi connectivity index (χ2v) is 8.80. The fourth-order valence-corrected chi connectivity index (χ4v) is 4.13. The molecule has 174 valence electrons. The Hall–Kier alpha value is -3.36. The number of rotatable bonds is 9. The molecule has 0 fully saturated rings. The van der Waals surface area contributed by atoms with Crippen molar-refractivity contribution in [2.24, 2.45) is 0 Å². The van der Waals surface area contributed by atoms with Gasteiger partial charge in [0.1, 0.15) is 11.6 Å². The number of benzene rings is 3. The van der Waals surface area contributed by atoms with Crippen molar-refractivity contribution in [2.75, 3.05) is 5.75 Å². The molecule has 0 radical (unpaired) electrons. The maximum Gasteiger partial charge on any atom is 0.230 e. The molecule has 1 N–H and O–H groups in total. The Morgan fingerprint density at radius 1 is 1.06 bits per heavy atom. The summed E-state index contributed by atoms with van der Waals surface area (Å²) in [4.78, 5) is 12.4. The highest BCUT2D eigenvalue weighted by Crippen LogP contribution is 2.28. The average Bonchev–Trinajstić information content (AvgIpc) is 3.28. The van der Waals surface area contributed by atoms with Gasteiger partial charge < -0.3 is 10.1 Å². The van der Waals surface area contributed by atoms with Crippen LogP contribution in [0.25, 0.3) is 5.69 Å². The molecule has 1 aromatic heterocycles. The molecule has 4 rings (SSSR count). The number of hydrogen-bond donors (Lipinski definition) is 1. The maximum absolute atomic E-state index is 13.2. The second kappa shape index (κ2) is 11.2. The van der Waals surface area contributed by atoms with Gasteiger partial charge in [-0.25, -0.2) is 4.39 Å². The van der Waals surface area contributed by atoms with Crippen LogP contribution < -0.4 is 10.1 Å². The lowest BCUT2D eigenvalue weighted by Crippen LogP contribution is -2.24. The van der Waals surface area contributed by atoms with Crippen LogP contribution in [-0.4, -0.2) is 26.4 Å². The highest BCUT2D eigenvalue weighted by atomic mass is 35.5. The fourth-order valence-electron chi connectivity index (χ4n) is 3.21. The molecule has 0 saturated heterocycles. The number of hydrogen-bond acceptors (Lipinski definition) is 5. The molecule has 4 aromatic rings. The van der Waals surface area contributed by atoms with Gasteiger partial charge in [0.25, 0.3) is 0 Å². The van der Waals surface area contributed by atoms with Crippen molar-refractivity contribution in [3.8, 4) is 11.4 Å². The zero-order valence-corrected chi connectivity index (χ0v) is 19.9. The molecule has 0 aliphatic rings. The highest BCUT2D eigenvalue weighted by molar-refractivity contribution is 7.99. The predicted molar refractivity (Wildman–Crippen MR) is 131 cm³/mol. The number of carbonyl (C=O) groups excluding carboxylic acids is 1. The van der Waals surface area contributed by atoms with E-state index in [1.165, 1.54) is 23.9 Å². The van der Waals surface area contributed by atoms with Crippen molar-refractivity contribution in [3.05, 3.63) is 101 Å². The van der Waals surface area contributed by atoms with E-state index < -0.39 is 6.10 Å². The van der Waals surface area contributed by atoms with Crippen molar-refractivity contribution in [1.29, 1.82) is 0 Å². The monoisotopic (exact) mass is 496 g/mol. The lowest BCUT2D eigenvalue weighted by atomic mass is 10.2. The number of nitrogens with zero attached hydrogens (tertiary/aromatic N) is 3. The first-order valence-corrected chi connectivity index (χ1v) is 11.9. The summed E-state index contributed by atoms with van der Waals surface area (Å²) in [5, 5.41) is 12.8. The average molecular weight is 497 g/mol. The molecule has 1 atom stereocenters. The molecule has 0 aliphatic heterocycles. The van der Waals surface area contributed by atoms with E-state index in [4.69, 9.17) is 16.3 Å². The summed E-state index contributed by atoms with van der Waals surface area (Å²) in [5.41, 5.74) is 1.81. The van der Waals surface area contributed by atoms with Crippen LogP contribution in [0, 0.1) is 5.82 Å². The SMILES string of the molecule is CC(Oc1ccc(F)cc1)c1nnc(SCC(=O)NCc2ccc(Cl)cc2)n1-c1ccccc1. The first kappa shape index (κ1) is 23.8. The van der Waals surface area contributed by atoms with Crippen LogP contribution >= 0.6 is 23.4 Å². The van der Waals surface area contributed by atoms with Gasteiger partial charge in [0, 0.05) is 17.3 Å². The van der Waals surface area contributed by atoms with Gasteiger partial charge in [0.15, 0.2) is 17.1 Å². The maximum atomic E-state index is 13.2. The summed E-state index contributed by atoms with van der Waals surface area (Å²) in [5.74, 6) is 0.804. The van der Waals surface area contributed by atoms with Gasteiger partial charge in [-0.2, -0.15) is 0 Å². The van der Waals surface area contributed by atoms with Gasteiger partial charge in [-0.3, -0.25) is 9.36 Å². The van der Waals surface area contributed by atoms with E-state index >= 15 is 0 Å². The Kier molecular flexibility index (Phi) is 7.82. The van der Waals surface area contributed by atoms with Crippen LogP contribution in [0.15, 0.2) is 84.0 Å². The molecular formula is C25H22ClFN4O2S. The minimum Gasteiger partial charge on any atom is -0.483 e. The second-order valence-electron chi connectivity index (χ2n) is 7.42. The van der Waals surface area contributed by atoms with Gasteiger partial charge >= 0.3 is 0 Å². The molecule has 34 heavy (non-hydrogen) atoms. The van der Waals surface area contributed by atoms with Crippen LogP contribution in [0.1, 0.15) is 24.4 Å². The van der Waals surface area contributed by atoms with E-state index in [0.29, 0.717) is 28.3 Å². The molecule has 0 spiro atoms. The first-order valence-electron chi connectivity index (χ1n) is 10.6. The zero-order valence-electron chi connectivity index (χ0n) is 18.3. The largest absolute Gasteiger partial charge is 0.483 e. The van der Waals surface area contributed by atoms with Gasteiger partial charge in [-0.1, -0.05) is 53.7 Å². The van der Waals surface area contributed by atoms with E-state index in [9.17, 15) is 9.18 Å². The van der Waals surface area contributed by atoms with Gasteiger partial charge in [0.2, 0.25) is 5.91 Å². The predicted octanol–water partition coefficient (Wildman–Crippen LogP) is 5.61. The quantitative estimate of drug-likeness (QED) is 0.305. The topological polar surface area (TPSA) is 69.0 Å². The molecule has 1 unspecified atom stereocenters. The number of aromatic nitrogens is 3. The molecule has 0 saturated carbocycles. The van der Waals surface area contributed by atoms with Gasteiger partial charge in [0.05, 0.1) is 5.75 Å². The summed E-state index contributed by atoms with van der Waals surface area (Å²) in [7, 11) is 0. The van der Waals surface area contributed by atoms with E-state index in [1.54, 1.807) is 24.3 Å². The molecule has 3 aromatic carbocycles. The number of amides is 1. The highest BCUT2D eigenvalue weighted by Gasteiger charge is 2.21. The smallest absolute Gasteiger partial charge is 0.230 e. The molecule has 6 nitrogen and oxygen atoms in total. The van der Waals surface area contributed by atoms with E-state index in [-0.39, 0.29) is 17.5 Å². The lowest BCUT2D eigenvalue weighted by molar-refractivity contribution is -0.118.